The molecule has 1 heteroatoms. The monoisotopic (exact) mass is 277 g/mol. The Labute approximate surface area is 127 Å². The average Bonchev–Trinajstić information content (AvgIpc) is 2.57. The van der Waals surface area contributed by atoms with Crippen LogP contribution in [-0.4, -0.2) is 6.04 Å². The maximum atomic E-state index is 3.87. The Morgan fingerprint density at radius 1 is 0.905 bits per heavy atom. The molecule has 108 valence electrons. The van der Waals surface area contributed by atoms with Crippen molar-refractivity contribution in [2.45, 2.75) is 37.8 Å². The summed E-state index contributed by atoms with van der Waals surface area (Å²) >= 11 is 0. The quantitative estimate of drug-likeness (QED) is 0.783. The Morgan fingerprint density at radius 3 is 2.29 bits per heavy atom. The molecule has 0 amide bonds. The zero-order chi connectivity index (χ0) is 14.3. The molecule has 0 saturated carbocycles. The molecule has 1 aliphatic rings. The van der Waals surface area contributed by atoms with Crippen molar-refractivity contribution in [1.29, 1.82) is 0 Å². The summed E-state index contributed by atoms with van der Waals surface area (Å²) in [4.78, 5) is 0. The Bertz CT molecular complexity index is 559. The molecule has 0 aliphatic heterocycles. The summed E-state index contributed by atoms with van der Waals surface area (Å²) < 4.78 is 0. The second-order valence-corrected chi connectivity index (χ2v) is 5.80. The van der Waals surface area contributed by atoms with Gasteiger partial charge in [-0.1, -0.05) is 72.8 Å². The second kappa shape index (κ2) is 7.24. The first-order valence-corrected chi connectivity index (χ1v) is 7.92. The van der Waals surface area contributed by atoms with Crippen molar-refractivity contribution in [2.24, 2.45) is 0 Å². The molecule has 0 bridgehead atoms. The summed E-state index contributed by atoms with van der Waals surface area (Å²) in [5, 5.41) is 3.87. The van der Waals surface area contributed by atoms with E-state index in [2.05, 4.69) is 78.1 Å². The summed E-state index contributed by atoms with van der Waals surface area (Å²) in [6, 6.07) is 22.6. The highest BCUT2D eigenvalue weighted by atomic mass is 14.9. The van der Waals surface area contributed by atoms with Gasteiger partial charge in [-0.25, -0.2) is 0 Å². The minimum Gasteiger partial charge on any atom is -0.307 e. The van der Waals surface area contributed by atoms with Crippen molar-refractivity contribution >= 4 is 0 Å². The van der Waals surface area contributed by atoms with E-state index in [1.54, 1.807) is 0 Å². The molecule has 21 heavy (non-hydrogen) atoms. The summed E-state index contributed by atoms with van der Waals surface area (Å²) in [7, 11) is 0. The Morgan fingerprint density at radius 2 is 1.62 bits per heavy atom. The van der Waals surface area contributed by atoms with Gasteiger partial charge in [-0.3, -0.25) is 0 Å². The number of hydrogen-bond acceptors (Lipinski definition) is 1. The highest BCUT2D eigenvalue weighted by Gasteiger charge is 2.17. The maximum Gasteiger partial charge on any atom is 0.0363 e. The molecule has 0 heterocycles. The van der Waals surface area contributed by atoms with E-state index in [0.29, 0.717) is 12.1 Å². The van der Waals surface area contributed by atoms with Crippen LogP contribution < -0.4 is 5.32 Å². The Balaban J connectivity index is 1.76. The van der Waals surface area contributed by atoms with E-state index in [0.717, 1.165) is 12.8 Å². The van der Waals surface area contributed by atoms with Crippen molar-refractivity contribution < 1.29 is 0 Å². The van der Waals surface area contributed by atoms with Crippen LogP contribution in [-0.2, 0) is 6.42 Å². The summed E-state index contributed by atoms with van der Waals surface area (Å²) in [5.41, 5.74) is 2.78. The van der Waals surface area contributed by atoms with Crippen molar-refractivity contribution in [3.8, 4) is 0 Å². The van der Waals surface area contributed by atoms with Crippen molar-refractivity contribution in [1.82, 2.24) is 5.32 Å². The molecule has 2 atom stereocenters. The third kappa shape index (κ3) is 4.05. The predicted octanol–water partition coefficient (Wildman–Crippen LogP) is 4.67. The maximum absolute atomic E-state index is 3.87. The van der Waals surface area contributed by atoms with E-state index in [1.807, 2.05) is 0 Å². The van der Waals surface area contributed by atoms with Gasteiger partial charge >= 0.3 is 0 Å². The van der Waals surface area contributed by atoms with Gasteiger partial charge < -0.3 is 5.32 Å². The molecule has 0 fully saturated rings. The minimum atomic E-state index is 0.394. The normalized spacial score (nSPS) is 19.3. The SMILES string of the molecule is C1=CCC(NC(Cc2ccccc2)c2ccccc2)CC1. The van der Waals surface area contributed by atoms with Crippen LogP contribution in [0.15, 0.2) is 72.8 Å². The average molecular weight is 277 g/mol. The Kier molecular flexibility index (Phi) is 4.86. The van der Waals surface area contributed by atoms with Gasteiger partial charge in [0.1, 0.15) is 0 Å². The molecular weight excluding hydrogens is 254 g/mol. The lowest BCUT2D eigenvalue weighted by Crippen LogP contribution is -2.34. The fourth-order valence-electron chi connectivity index (χ4n) is 3.04. The van der Waals surface area contributed by atoms with Crippen LogP contribution >= 0.6 is 0 Å². The van der Waals surface area contributed by atoms with Crippen molar-refractivity contribution in [2.75, 3.05) is 0 Å². The second-order valence-electron chi connectivity index (χ2n) is 5.80. The van der Waals surface area contributed by atoms with Crippen molar-refractivity contribution in [3.05, 3.63) is 83.9 Å². The predicted molar refractivity (Wildman–Crippen MR) is 89.2 cm³/mol. The summed E-state index contributed by atoms with van der Waals surface area (Å²) in [6.07, 6.45) is 9.25. The number of benzene rings is 2. The van der Waals surface area contributed by atoms with Gasteiger partial charge in [0.25, 0.3) is 0 Å². The molecular formula is C20H23N. The molecule has 0 spiro atoms. The number of hydrogen-bond donors (Lipinski definition) is 1. The third-order valence-corrected chi connectivity index (χ3v) is 4.19. The van der Waals surface area contributed by atoms with E-state index >= 15 is 0 Å². The smallest absolute Gasteiger partial charge is 0.0363 e. The fraction of sp³-hybridized carbons (Fsp3) is 0.300. The fourth-order valence-corrected chi connectivity index (χ4v) is 3.04. The molecule has 1 nitrogen and oxygen atoms in total. The molecule has 1 N–H and O–H groups in total. The van der Waals surface area contributed by atoms with Crippen molar-refractivity contribution in [3.63, 3.8) is 0 Å². The van der Waals surface area contributed by atoms with Gasteiger partial charge in [-0.2, -0.15) is 0 Å². The molecule has 2 aromatic rings. The molecule has 1 aliphatic carbocycles. The minimum absolute atomic E-state index is 0.394. The summed E-state index contributed by atoms with van der Waals surface area (Å²) in [6.45, 7) is 0. The summed E-state index contributed by atoms with van der Waals surface area (Å²) in [5.74, 6) is 0. The first-order valence-electron chi connectivity index (χ1n) is 7.92. The van der Waals surface area contributed by atoms with Gasteiger partial charge in [-0.05, 0) is 36.8 Å². The van der Waals surface area contributed by atoms with Gasteiger partial charge in [0.15, 0.2) is 0 Å². The zero-order valence-corrected chi connectivity index (χ0v) is 12.4. The number of nitrogens with one attached hydrogen (secondary N) is 1. The van der Waals surface area contributed by atoms with E-state index in [4.69, 9.17) is 0 Å². The standard InChI is InChI=1S/C20H23N/c1-4-10-17(11-5-1)16-20(18-12-6-2-7-13-18)21-19-14-8-3-9-15-19/h1-8,10-13,19-21H,9,14-16H2. The van der Waals surface area contributed by atoms with Gasteiger partial charge in [0.05, 0.1) is 0 Å². The largest absolute Gasteiger partial charge is 0.307 e. The first-order chi connectivity index (χ1) is 10.4. The lowest BCUT2D eigenvalue weighted by molar-refractivity contribution is 0.407. The van der Waals surface area contributed by atoms with Crippen LogP contribution in [0.5, 0.6) is 0 Å². The van der Waals surface area contributed by atoms with Gasteiger partial charge in [-0.15, -0.1) is 0 Å². The van der Waals surface area contributed by atoms with Crippen LogP contribution in [0.25, 0.3) is 0 Å². The zero-order valence-electron chi connectivity index (χ0n) is 12.4. The molecule has 0 radical (unpaired) electrons. The number of allylic oxidation sites excluding steroid dienone is 1. The van der Waals surface area contributed by atoms with Crippen LogP contribution in [0.3, 0.4) is 0 Å². The van der Waals surface area contributed by atoms with E-state index in [9.17, 15) is 0 Å². The van der Waals surface area contributed by atoms with Gasteiger partial charge in [0, 0.05) is 12.1 Å². The lowest BCUT2D eigenvalue weighted by atomic mass is 9.95. The first kappa shape index (κ1) is 14.1. The molecule has 0 aromatic heterocycles. The highest BCUT2D eigenvalue weighted by Crippen LogP contribution is 2.22. The molecule has 0 saturated heterocycles. The van der Waals surface area contributed by atoms with E-state index < -0.39 is 0 Å². The van der Waals surface area contributed by atoms with Crippen LogP contribution in [0.4, 0.5) is 0 Å². The van der Waals surface area contributed by atoms with Crippen LogP contribution in [0.2, 0.25) is 0 Å². The topological polar surface area (TPSA) is 12.0 Å². The number of rotatable bonds is 5. The molecule has 3 rings (SSSR count). The van der Waals surface area contributed by atoms with Crippen LogP contribution in [0.1, 0.15) is 36.4 Å². The lowest BCUT2D eigenvalue weighted by Gasteiger charge is -2.27. The third-order valence-electron chi connectivity index (χ3n) is 4.19. The van der Waals surface area contributed by atoms with E-state index in [1.165, 1.54) is 24.0 Å². The van der Waals surface area contributed by atoms with E-state index in [-0.39, 0.29) is 0 Å². The van der Waals surface area contributed by atoms with Gasteiger partial charge in [0.2, 0.25) is 0 Å². The highest BCUT2D eigenvalue weighted by molar-refractivity contribution is 5.24. The Hall–Kier alpha value is -1.86. The molecule has 2 unspecified atom stereocenters. The van der Waals surface area contributed by atoms with Crippen LogP contribution in [0, 0.1) is 0 Å². The molecule has 2 aromatic carbocycles.